The molecule has 4 aromatic rings. The number of amides is 1. The third kappa shape index (κ3) is 4.92. The van der Waals surface area contributed by atoms with Crippen molar-refractivity contribution in [2.24, 2.45) is 0 Å². The summed E-state index contributed by atoms with van der Waals surface area (Å²) in [7, 11) is 0. The zero-order valence-corrected chi connectivity index (χ0v) is 19.9. The number of hydrogen-bond acceptors (Lipinski definition) is 4. The van der Waals surface area contributed by atoms with Gasteiger partial charge in [-0.15, -0.1) is 0 Å². The quantitative estimate of drug-likeness (QED) is 0.383. The Balaban J connectivity index is 1.70. The fourth-order valence-corrected chi connectivity index (χ4v) is 3.83. The number of nitrogens with zero attached hydrogens (tertiary/aromatic N) is 2. The van der Waals surface area contributed by atoms with Crippen LogP contribution in [-0.4, -0.2) is 21.2 Å². The average Bonchev–Trinajstić information content (AvgIpc) is 2.81. The van der Waals surface area contributed by atoms with E-state index in [1.54, 1.807) is 47.9 Å². The third-order valence-corrected chi connectivity index (χ3v) is 5.84. The molecule has 7 heteroatoms. The van der Waals surface area contributed by atoms with Gasteiger partial charge < -0.3 is 9.88 Å². The minimum atomic E-state index is -0.442. The molecule has 0 aliphatic heterocycles. The van der Waals surface area contributed by atoms with Crippen LogP contribution >= 0.6 is 11.6 Å². The molecular formula is C27H24ClN3O3. The lowest BCUT2D eigenvalue weighted by molar-refractivity contribution is -0.116. The lowest BCUT2D eigenvalue weighted by atomic mass is 10.0. The van der Waals surface area contributed by atoms with E-state index in [-0.39, 0.29) is 23.4 Å². The van der Waals surface area contributed by atoms with Crippen LogP contribution in [0.15, 0.2) is 71.7 Å². The SMILES string of the molecule is Cc1ccc2c(=O)c(C(=O)c3ccc(Cl)cc3)cn(CC(=O)Nc3ccc(C(C)C)cc3)c2n1. The predicted octanol–water partition coefficient (Wildman–Crippen LogP) is 5.35. The van der Waals surface area contributed by atoms with Crippen LogP contribution in [0.3, 0.4) is 0 Å². The molecule has 0 spiro atoms. The summed E-state index contributed by atoms with van der Waals surface area (Å²) in [5.74, 6) is -0.346. The van der Waals surface area contributed by atoms with Gasteiger partial charge in [-0.2, -0.15) is 0 Å². The van der Waals surface area contributed by atoms with E-state index in [9.17, 15) is 14.4 Å². The summed E-state index contributed by atoms with van der Waals surface area (Å²) in [6.07, 6.45) is 1.41. The Bertz CT molecular complexity index is 1440. The first-order chi connectivity index (χ1) is 16.2. The predicted molar refractivity (Wildman–Crippen MR) is 135 cm³/mol. The lowest BCUT2D eigenvalue weighted by Crippen LogP contribution is -2.25. The first-order valence-corrected chi connectivity index (χ1v) is 11.3. The second-order valence-electron chi connectivity index (χ2n) is 8.48. The number of carbonyl (C=O) groups excluding carboxylic acids is 2. The summed E-state index contributed by atoms with van der Waals surface area (Å²) in [5, 5.41) is 3.64. The Morgan fingerprint density at radius 2 is 1.68 bits per heavy atom. The van der Waals surface area contributed by atoms with Gasteiger partial charge in [0, 0.05) is 28.2 Å². The summed E-state index contributed by atoms with van der Waals surface area (Å²) in [5.41, 5.74) is 2.76. The number of pyridine rings is 2. The zero-order valence-electron chi connectivity index (χ0n) is 19.1. The molecule has 172 valence electrons. The highest BCUT2D eigenvalue weighted by atomic mass is 35.5. The van der Waals surface area contributed by atoms with Gasteiger partial charge in [0.25, 0.3) is 0 Å². The highest BCUT2D eigenvalue weighted by Crippen LogP contribution is 2.18. The van der Waals surface area contributed by atoms with Gasteiger partial charge in [-0.05, 0) is 66.9 Å². The molecule has 0 atom stereocenters. The van der Waals surface area contributed by atoms with E-state index >= 15 is 0 Å². The van der Waals surface area contributed by atoms with Gasteiger partial charge in [0.1, 0.15) is 12.2 Å². The number of aromatic nitrogens is 2. The van der Waals surface area contributed by atoms with Crippen LogP contribution < -0.4 is 10.7 Å². The van der Waals surface area contributed by atoms with E-state index in [1.807, 2.05) is 24.3 Å². The Kier molecular flexibility index (Phi) is 6.61. The molecule has 0 saturated carbocycles. The number of benzene rings is 2. The highest BCUT2D eigenvalue weighted by Gasteiger charge is 2.19. The normalized spacial score (nSPS) is 11.1. The number of hydrogen-bond donors (Lipinski definition) is 1. The van der Waals surface area contributed by atoms with E-state index in [4.69, 9.17) is 11.6 Å². The van der Waals surface area contributed by atoms with Crippen LogP contribution in [-0.2, 0) is 11.3 Å². The van der Waals surface area contributed by atoms with Crippen molar-refractivity contribution in [3.05, 3.63) is 104 Å². The van der Waals surface area contributed by atoms with Crippen LogP contribution in [0.5, 0.6) is 0 Å². The maximum atomic E-state index is 13.1. The summed E-state index contributed by atoms with van der Waals surface area (Å²) < 4.78 is 1.55. The van der Waals surface area contributed by atoms with E-state index in [1.165, 1.54) is 11.8 Å². The number of nitrogens with one attached hydrogen (secondary N) is 1. The third-order valence-electron chi connectivity index (χ3n) is 5.59. The molecule has 4 rings (SSSR count). The molecule has 2 aromatic carbocycles. The topological polar surface area (TPSA) is 81.1 Å². The number of rotatable bonds is 6. The molecule has 0 aliphatic carbocycles. The van der Waals surface area contributed by atoms with Crippen molar-refractivity contribution in [2.45, 2.75) is 33.2 Å². The summed E-state index contributed by atoms with van der Waals surface area (Å²) in [6, 6.07) is 17.3. The lowest BCUT2D eigenvalue weighted by Gasteiger charge is -2.14. The maximum absolute atomic E-state index is 13.1. The summed E-state index contributed by atoms with van der Waals surface area (Å²) >= 11 is 5.93. The van der Waals surface area contributed by atoms with Crippen LogP contribution in [0.2, 0.25) is 5.02 Å². The van der Waals surface area contributed by atoms with Crippen molar-refractivity contribution < 1.29 is 9.59 Å². The van der Waals surface area contributed by atoms with Gasteiger partial charge in [-0.25, -0.2) is 4.98 Å². The Morgan fingerprint density at radius 3 is 2.32 bits per heavy atom. The fraction of sp³-hybridized carbons (Fsp3) is 0.185. The van der Waals surface area contributed by atoms with Crippen LogP contribution in [0.1, 0.15) is 46.9 Å². The van der Waals surface area contributed by atoms with Crippen molar-refractivity contribution in [3.8, 4) is 0 Å². The second kappa shape index (κ2) is 9.61. The van der Waals surface area contributed by atoms with Gasteiger partial charge in [-0.3, -0.25) is 14.4 Å². The van der Waals surface area contributed by atoms with Crippen LogP contribution in [0, 0.1) is 6.92 Å². The highest BCUT2D eigenvalue weighted by molar-refractivity contribution is 6.30. The van der Waals surface area contributed by atoms with Gasteiger partial charge >= 0.3 is 0 Å². The van der Waals surface area contributed by atoms with Gasteiger partial charge in [0.2, 0.25) is 11.3 Å². The van der Waals surface area contributed by atoms with Crippen molar-refractivity contribution in [3.63, 3.8) is 0 Å². The number of anilines is 1. The van der Waals surface area contributed by atoms with Gasteiger partial charge in [0.05, 0.1) is 10.9 Å². The molecule has 0 unspecified atom stereocenters. The standard InChI is InChI=1S/C27H24ClN3O3/c1-16(2)18-7-11-21(12-8-18)30-24(32)15-31-14-23(25(33)19-5-9-20(28)10-6-19)26(34)22-13-4-17(3)29-27(22)31/h4-14,16H,15H2,1-3H3,(H,30,32). The smallest absolute Gasteiger partial charge is 0.244 e. The molecule has 2 heterocycles. The molecular weight excluding hydrogens is 450 g/mol. The van der Waals surface area contributed by atoms with E-state index in [0.29, 0.717) is 33.5 Å². The second-order valence-corrected chi connectivity index (χ2v) is 8.92. The molecule has 6 nitrogen and oxygen atoms in total. The minimum Gasteiger partial charge on any atom is -0.325 e. The first kappa shape index (κ1) is 23.4. The number of fused-ring (bicyclic) bond motifs is 1. The monoisotopic (exact) mass is 473 g/mol. The van der Waals surface area contributed by atoms with Crippen molar-refractivity contribution in [2.75, 3.05) is 5.32 Å². The molecule has 0 saturated heterocycles. The van der Waals surface area contributed by atoms with Gasteiger partial charge in [0.15, 0.2) is 5.78 Å². The molecule has 1 N–H and O–H groups in total. The summed E-state index contributed by atoms with van der Waals surface area (Å²) in [4.78, 5) is 43.6. The average molecular weight is 474 g/mol. The fourth-order valence-electron chi connectivity index (χ4n) is 3.71. The molecule has 0 bridgehead atoms. The Hall–Kier alpha value is -3.77. The Labute approximate surface area is 202 Å². The largest absolute Gasteiger partial charge is 0.325 e. The molecule has 0 fully saturated rings. The van der Waals surface area contributed by atoms with Gasteiger partial charge in [-0.1, -0.05) is 37.6 Å². The van der Waals surface area contributed by atoms with E-state index in [2.05, 4.69) is 24.1 Å². The van der Waals surface area contributed by atoms with Crippen molar-refractivity contribution >= 4 is 40.0 Å². The molecule has 2 aromatic heterocycles. The summed E-state index contributed by atoms with van der Waals surface area (Å²) in [6.45, 7) is 5.90. The van der Waals surface area contributed by atoms with Crippen LogP contribution in [0.25, 0.3) is 11.0 Å². The number of carbonyl (C=O) groups is 2. The number of ketones is 1. The van der Waals surface area contributed by atoms with Crippen LogP contribution in [0.4, 0.5) is 5.69 Å². The number of halogens is 1. The number of aryl methyl sites for hydroxylation is 1. The zero-order chi connectivity index (χ0) is 24.4. The van der Waals surface area contributed by atoms with E-state index in [0.717, 1.165) is 0 Å². The first-order valence-electron chi connectivity index (χ1n) is 10.9. The van der Waals surface area contributed by atoms with E-state index < -0.39 is 11.2 Å². The Morgan fingerprint density at radius 1 is 1.00 bits per heavy atom. The van der Waals surface area contributed by atoms with Crippen molar-refractivity contribution in [1.29, 1.82) is 0 Å². The molecule has 0 radical (unpaired) electrons. The molecule has 1 amide bonds. The van der Waals surface area contributed by atoms with Crippen molar-refractivity contribution in [1.82, 2.24) is 9.55 Å². The molecule has 0 aliphatic rings. The molecule has 34 heavy (non-hydrogen) atoms. The maximum Gasteiger partial charge on any atom is 0.244 e. The minimum absolute atomic E-state index is 0.0328.